The van der Waals surface area contributed by atoms with Crippen LogP contribution in [-0.2, 0) is 4.79 Å². The summed E-state index contributed by atoms with van der Waals surface area (Å²) in [6.45, 7) is 1.94. The minimum absolute atomic E-state index is 0.0310. The van der Waals surface area contributed by atoms with Crippen molar-refractivity contribution in [3.63, 3.8) is 0 Å². The summed E-state index contributed by atoms with van der Waals surface area (Å²) in [5.41, 5.74) is 6.75. The van der Waals surface area contributed by atoms with E-state index in [1.54, 1.807) is 0 Å². The fourth-order valence-corrected chi connectivity index (χ4v) is 3.09. The maximum absolute atomic E-state index is 12.3. The average Bonchev–Trinajstić information content (AvgIpc) is 3.03. The molecule has 0 spiro atoms. The molecule has 3 N–H and O–H groups in total. The van der Waals surface area contributed by atoms with Gasteiger partial charge in [-0.1, -0.05) is 43.2 Å². The van der Waals surface area contributed by atoms with E-state index < -0.39 is 0 Å². The van der Waals surface area contributed by atoms with Crippen LogP contribution in [0.25, 0.3) is 0 Å². The first kappa shape index (κ1) is 16.0. The third kappa shape index (κ3) is 4.55. The van der Waals surface area contributed by atoms with Crippen LogP contribution in [-0.4, -0.2) is 43.5 Å². The van der Waals surface area contributed by atoms with Crippen LogP contribution in [0.2, 0.25) is 0 Å². The molecule has 1 aromatic rings. The van der Waals surface area contributed by atoms with Gasteiger partial charge in [0.25, 0.3) is 0 Å². The number of rotatable bonds is 7. The summed E-state index contributed by atoms with van der Waals surface area (Å²) in [7, 11) is 2.15. The van der Waals surface area contributed by atoms with E-state index in [4.69, 9.17) is 5.73 Å². The zero-order chi connectivity index (χ0) is 15.1. The zero-order valence-electron chi connectivity index (χ0n) is 12.9. The molecule has 2 rings (SSSR count). The molecule has 1 unspecified atom stereocenters. The Morgan fingerprint density at radius 1 is 1.33 bits per heavy atom. The molecule has 4 heteroatoms. The summed E-state index contributed by atoms with van der Waals surface area (Å²) in [5, 5.41) is 3.03. The quantitative estimate of drug-likeness (QED) is 0.803. The molecule has 1 aromatic carbocycles. The third-order valence-corrected chi connectivity index (χ3v) is 4.47. The van der Waals surface area contributed by atoms with Crippen LogP contribution in [0.15, 0.2) is 30.3 Å². The highest BCUT2D eigenvalue weighted by atomic mass is 16.1. The largest absolute Gasteiger partial charge is 0.354 e. The Balaban J connectivity index is 1.77. The Labute approximate surface area is 127 Å². The van der Waals surface area contributed by atoms with Gasteiger partial charge < -0.3 is 16.0 Å². The summed E-state index contributed by atoms with van der Waals surface area (Å²) in [5.74, 6) is -0.216. The molecule has 116 valence electrons. The molecule has 0 heterocycles. The van der Waals surface area contributed by atoms with Gasteiger partial charge in [0.2, 0.25) is 5.91 Å². The Hall–Kier alpha value is -1.39. The number of benzene rings is 1. The molecule has 0 aromatic heterocycles. The van der Waals surface area contributed by atoms with Crippen molar-refractivity contribution in [3.8, 4) is 0 Å². The van der Waals surface area contributed by atoms with Crippen LogP contribution in [0.5, 0.6) is 0 Å². The van der Waals surface area contributed by atoms with E-state index >= 15 is 0 Å². The summed E-state index contributed by atoms with van der Waals surface area (Å²) < 4.78 is 0. The Morgan fingerprint density at radius 2 is 2.00 bits per heavy atom. The average molecular weight is 289 g/mol. The summed E-state index contributed by atoms with van der Waals surface area (Å²) in [6, 6.07) is 10.5. The molecule has 21 heavy (non-hydrogen) atoms. The van der Waals surface area contributed by atoms with E-state index in [2.05, 4.69) is 17.3 Å². The predicted octanol–water partition coefficient (Wildman–Crippen LogP) is 1.72. The number of carbonyl (C=O) groups excluding carboxylic acids is 1. The van der Waals surface area contributed by atoms with Crippen LogP contribution < -0.4 is 11.1 Å². The first-order chi connectivity index (χ1) is 10.2. The second kappa shape index (κ2) is 8.15. The highest BCUT2D eigenvalue weighted by molar-refractivity contribution is 5.83. The number of likely N-dealkylation sites (N-methyl/N-ethyl adjacent to an activating group) is 1. The third-order valence-electron chi connectivity index (χ3n) is 4.47. The predicted molar refractivity (Wildman–Crippen MR) is 86.1 cm³/mol. The lowest BCUT2D eigenvalue weighted by Gasteiger charge is -2.24. The lowest BCUT2D eigenvalue weighted by molar-refractivity contribution is -0.122. The molecule has 1 aliphatic carbocycles. The van der Waals surface area contributed by atoms with Crippen molar-refractivity contribution < 1.29 is 4.79 Å². The SMILES string of the molecule is CN(CCNC(=O)C(CN)c1ccccc1)C1CCCC1. The van der Waals surface area contributed by atoms with Crippen molar-refractivity contribution in [1.29, 1.82) is 0 Å². The Morgan fingerprint density at radius 3 is 2.62 bits per heavy atom. The van der Waals surface area contributed by atoms with Crippen molar-refractivity contribution in [2.45, 2.75) is 37.6 Å². The molecule has 0 radical (unpaired) electrons. The molecule has 1 fully saturated rings. The maximum atomic E-state index is 12.3. The van der Waals surface area contributed by atoms with Crippen LogP contribution in [0, 0.1) is 0 Å². The van der Waals surface area contributed by atoms with Crippen molar-refractivity contribution in [1.82, 2.24) is 10.2 Å². The molecule has 1 atom stereocenters. The number of hydrogen-bond acceptors (Lipinski definition) is 3. The normalized spacial score (nSPS) is 17.1. The summed E-state index contributed by atoms with van der Waals surface area (Å²) in [4.78, 5) is 14.6. The molecule has 0 aliphatic heterocycles. The van der Waals surface area contributed by atoms with Gasteiger partial charge in [0.05, 0.1) is 5.92 Å². The molecular formula is C17H27N3O. The number of nitrogens with zero attached hydrogens (tertiary/aromatic N) is 1. The number of nitrogens with one attached hydrogen (secondary N) is 1. The molecule has 0 bridgehead atoms. The number of carbonyl (C=O) groups is 1. The molecule has 4 nitrogen and oxygen atoms in total. The van der Waals surface area contributed by atoms with Gasteiger partial charge in [0.15, 0.2) is 0 Å². The van der Waals surface area contributed by atoms with Crippen LogP contribution >= 0.6 is 0 Å². The van der Waals surface area contributed by atoms with Gasteiger partial charge in [-0.15, -0.1) is 0 Å². The van der Waals surface area contributed by atoms with Crippen molar-refractivity contribution in [3.05, 3.63) is 35.9 Å². The summed E-state index contributed by atoms with van der Waals surface area (Å²) in [6.07, 6.45) is 5.26. The van der Waals surface area contributed by atoms with E-state index in [1.807, 2.05) is 30.3 Å². The maximum Gasteiger partial charge on any atom is 0.228 e. The fourth-order valence-electron chi connectivity index (χ4n) is 3.09. The fraction of sp³-hybridized carbons (Fsp3) is 0.588. The lowest BCUT2D eigenvalue weighted by atomic mass is 9.98. The smallest absolute Gasteiger partial charge is 0.228 e. The van der Waals surface area contributed by atoms with E-state index in [9.17, 15) is 4.79 Å². The van der Waals surface area contributed by atoms with Crippen molar-refractivity contribution in [2.24, 2.45) is 5.73 Å². The first-order valence-electron chi connectivity index (χ1n) is 7.95. The highest BCUT2D eigenvalue weighted by Gasteiger charge is 2.21. The molecule has 1 amide bonds. The molecule has 1 aliphatic rings. The van der Waals surface area contributed by atoms with Crippen LogP contribution in [0.1, 0.15) is 37.2 Å². The van der Waals surface area contributed by atoms with Crippen molar-refractivity contribution in [2.75, 3.05) is 26.7 Å². The van der Waals surface area contributed by atoms with E-state index in [0.29, 0.717) is 19.1 Å². The minimum Gasteiger partial charge on any atom is -0.354 e. The van der Waals surface area contributed by atoms with Gasteiger partial charge in [0, 0.05) is 25.7 Å². The Kier molecular flexibility index (Phi) is 6.21. The monoisotopic (exact) mass is 289 g/mol. The van der Waals surface area contributed by atoms with E-state index in [0.717, 1.165) is 12.1 Å². The topological polar surface area (TPSA) is 58.4 Å². The Bertz CT molecular complexity index is 429. The first-order valence-corrected chi connectivity index (χ1v) is 7.95. The van der Waals surface area contributed by atoms with Gasteiger partial charge in [-0.05, 0) is 25.5 Å². The number of hydrogen-bond donors (Lipinski definition) is 2. The standard InChI is InChI=1S/C17H27N3O/c1-20(15-9-5-6-10-15)12-11-19-17(21)16(13-18)14-7-3-2-4-8-14/h2-4,7-8,15-16H,5-6,9-13,18H2,1H3,(H,19,21). The van der Waals surface area contributed by atoms with Gasteiger partial charge >= 0.3 is 0 Å². The molecule has 0 saturated heterocycles. The zero-order valence-corrected chi connectivity index (χ0v) is 12.9. The van der Waals surface area contributed by atoms with Crippen molar-refractivity contribution >= 4 is 5.91 Å². The number of amides is 1. The lowest BCUT2D eigenvalue weighted by Crippen LogP contribution is -2.40. The molecular weight excluding hydrogens is 262 g/mol. The van der Waals surface area contributed by atoms with E-state index in [1.165, 1.54) is 25.7 Å². The molecule has 1 saturated carbocycles. The minimum atomic E-state index is -0.247. The van der Waals surface area contributed by atoms with Crippen LogP contribution in [0.3, 0.4) is 0 Å². The highest BCUT2D eigenvalue weighted by Crippen LogP contribution is 2.21. The summed E-state index contributed by atoms with van der Waals surface area (Å²) >= 11 is 0. The van der Waals surface area contributed by atoms with Gasteiger partial charge in [-0.2, -0.15) is 0 Å². The second-order valence-electron chi connectivity index (χ2n) is 5.91. The van der Waals surface area contributed by atoms with Gasteiger partial charge in [-0.3, -0.25) is 4.79 Å². The van der Waals surface area contributed by atoms with Gasteiger partial charge in [0.1, 0.15) is 0 Å². The number of nitrogens with two attached hydrogens (primary N) is 1. The van der Waals surface area contributed by atoms with Crippen LogP contribution in [0.4, 0.5) is 0 Å². The second-order valence-corrected chi connectivity index (χ2v) is 5.91. The van der Waals surface area contributed by atoms with Gasteiger partial charge in [-0.25, -0.2) is 0 Å². The van der Waals surface area contributed by atoms with E-state index in [-0.39, 0.29) is 11.8 Å².